The summed E-state index contributed by atoms with van der Waals surface area (Å²) in [5.74, 6) is -0.244. The van der Waals surface area contributed by atoms with E-state index in [0.717, 1.165) is 0 Å². The molecule has 0 radical (unpaired) electrons. The van der Waals surface area contributed by atoms with E-state index in [0.29, 0.717) is 37.9 Å². The van der Waals surface area contributed by atoms with E-state index < -0.39 is 11.9 Å². The van der Waals surface area contributed by atoms with Gasteiger partial charge >= 0.3 is 11.9 Å². The summed E-state index contributed by atoms with van der Waals surface area (Å²) >= 11 is 15.6. The molecule has 8 nitrogen and oxygen atoms in total. The Morgan fingerprint density at radius 2 is 1.65 bits per heavy atom. The molecule has 0 aromatic heterocycles. The van der Waals surface area contributed by atoms with Crippen molar-refractivity contribution >= 4 is 63.0 Å². The molecule has 0 aliphatic carbocycles. The molecule has 0 fully saturated rings. The quantitative estimate of drug-likeness (QED) is 0.176. The molecule has 0 amide bonds. The van der Waals surface area contributed by atoms with Gasteiger partial charge in [-0.25, -0.2) is 14.6 Å². The highest BCUT2D eigenvalue weighted by molar-refractivity contribution is 9.10. The Kier molecular flexibility index (Phi) is 8.06. The van der Waals surface area contributed by atoms with Crippen molar-refractivity contribution in [2.75, 3.05) is 21.3 Å². The molecule has 0 saturated heterocycles. The average molecular weight is 607 g/mol. The van der Waals surface area contributed by atoms with Gasteiger partial charge in [-0.2, -0.15) is 0 Å². The SMILES string of the molecule is COc1cc(C(=O)Oc2ccc(Br)cc2/C=C2/N=C(c3ccc(Cl)cc3Cl)OC2=O)cc(OC)c1OC. The highest BCUT2D eigenvalue weighted by atomic mass is 79.9. The molecular formula is C26H18BrCl2NO7. The lowest BCUT2D eigenvalue weighted by molar-refractivity contribution is -0.129. The van der Waals surface area contributed by atoms with E-state index in [1.165, 1.54) is 45.6 Å². The third-order valence-electron chi connectivity index (χ3n) is 5.15. The lowest BCUT2D eigenvalue weighted by atomic mass is 10.1. The van der Waals surface area contributed by atoms with E-state index in [1.54, 1.807) is 30.3 Å². The van der Waals surface area contributed by atoms with E-state index in [9.17, 15) is 9.59 Å². The van der Waals surface area contributed by atoms with Crippen molar-refractivity contribution in [1.82, 2.24) is 0 Å². The number of esters is 2. The number of hydrogen-bond donors (Lipinski definition) is 0. The third-order valence-corrected chi connectivity index (χ3v) is 6.19. The molecule has 0 N–H and O–H groups in total. The number of hydrogen-bond acceptors (Lipinski definition) is 8. The number of carbonyl (C=O) groups excluding carboxylic acids is 2. The van der Waals surface area contributed by atoms with Crippen LogP contribution in [0.5, 0.6) is 23.0 Å². The Hall–Kier alpha value is -3.53. The molecule has 3 aromatic carbocycles. The second-order valence-electron chi connectivity index (χ2n) is 7.45. The van der Waals surface area contributed by atoms with Gasteiger partial charge in [-0.3, -0.25) is 0 Å². The summed E-state index contributed by atoms with van der Waals surface area (Å²) < 4.78 is 27.6. The lowest BCUT2D eigenvalue weighted by Gasteiger charge is -2.14. The van der Waals surface area contributed by atoms with E-state index in [1.807, 2.05) is 0 Å². The highest BCUT2D eigenvalue weighted by Crippen LogP contribution is 2.39. The molecule has 1 heterocycles. The molecule has 0 unspecified atom stereocenters. The molecule has 0 bridgehead atoms. The lowest BCUT2D eigenvalue weighted by Crippen LogP contribution is -2.10. The van der Waals surface area contributed by atoms with Crippen LogP contribution < -0.4 is 18.9 Å². The molecule has 190 valence electrons. The number of nitrogens with zero attached hydrogens (tertiary/aromatic N) is 1. The number of benzene rings is 3. The van der Waals surface area contributed by atoms with Crippen LogP contribution in [-0.2, 0) is 9.53 Å². The van der Waals surface area contributed by atoms with Crippen LogP contribution >= 0.6 is 39.1 Å². The Morgan fingerprint density at radius 3 is 2.27 bits per heavy atom. The predicted molar refractivity (Wildman–Crippen MR) is 142 cm³/mol. The van der Waals surface area contributed by atoms with Gasteiger partial charge in [0.05, 0.1) is 37.5 Å². The summed E-state index contributed by atoms with van der Waals surface area (Å²) in [5.41, 5.74) is 0.957. The van der Waals surface area contributed by atoms with Crippen molar-refractivity contribution in [1.29, 1.82) is 0 Å². The fraction of sp³-hybridized carbons (Fsp3) is 0.115. The van der Waals surface area contributed by atoms with Crippen LogP contribution in [-0.4, -0.2) is 39.2 Å². The maximum atomic E-state index is 13.0. The number of carbonyl (C=O) groups is 2. The van der Waals surface area contributed by atoms with Crippen molar-refractivity contribution in [3.63, 3.8) is 0 Å². The van der Waals surface area contributed by atoms with Crippen molar-refractivity contribution in [3.05, 3.63) is 85.4 Å². The number of cyclic esters (lactones) is 1. The molecule has 37 heavy (non-hydrogen) atoms. The van der Waals surface area contributed by atoms with Gasteiger partial charge in [0.25, 0.3) is 0 Å². The molecule has 1 aliphatic heterocycles. The standard InChI is InChI=1S/C26H18BrCl2NO7/c1-33-21-10-14(11-22(34-2)23(21)35-3)25(31)36-20-7-4-15(27)8-13(20)9-19-26(32)37-24(30-19)17-6-5-16(28)12-18(17)29/h4-12H,1-3H3/b19-9+. The number of halogens is 3. The minimum absolute atomic E-state index is 0.01000. The zero-order valence-corrected chi connectivity index (χ0v) is 22.7. The van der Waals surface area contributed by atoms with E-state index >= 15 is 0 Å². The van der Waals surface area contributed by atoms with Crippen molar-refractivity contribution < 1.29 is 33.3 Å². The maximum Gasteiger partial charge on any atom is 0.363 e. The molecule has 11 heteroatoms. The van der Waals surface area contributed by atoms with Gasteiger partial charge in [-0.15, -0.1) is 0 Å². The first-order valence-corrected chi connectivity index (χ1v) is 12.1. The second-order valence-corrected chi connectivity index (χ2v) is 9.21. The predicted octanol–water partition coefficient (Wildman–Crippen LogP) is 6.35. The van der Waals surface area contributed by atoms with Crippen LogP contribution in [0.4, 0.5) is 0 Å². The first-order chi connectivity index (χ1) is 17.7. The van der Waals surface area contributed by atoms with Crippen molar-refractivity contribution in [2.24, 2.45) is 4.99 Å². The van der Waals surface area contributed by atoms with Crippen LogP contribution in [0.1, 0.15) is 21.5 Å². The zero-order valence-electron chi connectivity index (χ0n) is 19.6. The van der Waals surface area contributed by atoms with Crippen LogP contribution in [0.15, 0.2) is 63.7 Å². The number of methoxy groups -OCH3 is 3. The first-order valence-electron chi connectivity index (χ1n) is 10.5. The second kappa shape index (κ2) is 11.2. The average Bonchev–Trinajstić information content (AvgIpc) is 3.23. The summed E-state index contributed by atoms with van der Waals surface area (Å²) in [7, 11) is 4.35. The topological polar surface area (TPSA) is 92.7 Å². The van der Waals surface area contributed by atoms with Gasteiger partial charge < -0.3 is 23.7 Å². The van der Waals surface area contributed by atoms with Gasteiger partial charge in [0.15, 0.2) is 17.2 Å². The van der Waals surface area contributed by atoms with Gasteiger partial charge in [0, 0.05) is 15.1 Å². The zero-order chi connectivity index (χ0) is 26.7. The Morgan fingerprint density at radius 1 is 0.946 bits per heavy atom. The smallest absolute Gasteiger partial charge is 0.363 e. The van der Waals surface area contributed by atoms with Gasteiger partial charge in [-0.1, -0.05) is 39.1 Å². The van der Waals surface area contributed by atoms with Crippen LogP contribution in [0.2, 0.25) is 10.0 Å². The summed E-state index contributed by atoms with van der Waals surface area (Å²) in [4.78, 5) is 29.9. The Balaban J connectivity index is 1.68. The molecule has 0 atom stereocenters. The minimum atomic E-state index is -0.692. The highest BCUT2D eigenvalue weighted by Gasteiger charge is 2.26. The van der Waals surface area contributed by atoms with E-state index in [-0.39, 0.29) is 27.9 Å². The van der Waals surface area contributed by atoms with E-state index in [4.69, 9.17) is 46.9 Å². The minimum Gasteiger partial charge on any atom is -0.493 e. The summed E-state index contributed by atoms with van der Waals surface area (Å²) in [6.07, 6.45) is 1.45. The first kappa shape index (κ1) is 26.5. The molecule has 1 aliphatic rings. The third kappa shape index (κ3) is 5.74. The molecule has 0 saturated carbocycles. The molecule has 3 aromatic rings. The molecule has 4 rings (SSSR count). The van der Waals surface area contributed by atoms with Crippen LogP contribution in [0.3, 0.4) is 0 Å². The molecular weight excluding hydrogens is 589 g/mol. The fourth-order valence-electron chi connectivity index (χ4n) is 3.42. The summed E-state index contributed by atoms with van der Waals surface area (Å²) in [5, 5.41) is 0.713. The number of rotatable bonds is 7. The fourth-order valence-corrected chi connectivity index (χ4v) is 4.29. The maximum absolute atomic E-state index is 13.0. The monoisotopic (exact) mass is 605 g/mol. The van der Waals surface area contributed by atoms with Gasteiger partial charge in [0.2, 0.25) is 11.6 Å². The Bertz CT molecular complexity index is 1440. The van der Waals surface area contributed by atoms with E-state index in [2.05, 4.69) is 20.9 Å². The normalized spacial score (nSPS) is 13.7. The summed E-state index contributed by atoms with van der Waals surface area (Å²) in [6, 6.07) is 12.6. The Labute approximate surface area is 230 Å². The van der Waals surface area contributed by atoms with Gasteiger partial charge in [-0.05, 0) is 54.6 Å². The van der Waals surface area contributed by atoms with Gasteiger partial charge in [0.1, 0.15) is 5.75 Å². The number of ether oxygens (including phenoxy) is 5. The van der Waals surface area contributed by atoms with Crippen molar-refractivity contribution in [2.45, 2.75) is 0 Å². The van der Waals surface area contributed by atoms with Crippen LogP contribution in [0, 0.1) is 0 Å². The molecule has 0 spiro atoms. The largest absolute Gasteiger partial charge is 0.493 e. The van der Waals surface area contributed by atoms with Crippen molar-refractivity contribution in [3.8, 4) is 23.0 Å². The number of aliphatic imine (C=N–C) groups is 1. The summed E-state index contributed by atoms with van der Waals surface area (Å²) in [6.45, 7) is 0. The van der Waals surface area contributed by atoms with Crippen LogP contribution in [0.25, 0.3) is 6.08 Å².